The Kier molecular flexibility index (Phi) is 5.32. The first-order chi connectivity index (χ1) is 12.4. The average Bonchev–Trinajstić information content (AvgIpc) is 3.02. The van der Waals surface area contributed by atoms with E-state index in [0.29, 0.717) is 16.4 Å². The number of nitrogens with zero attached hydrogens (tertiary/aromatic N) is 3. The molecule has 1 unspecified atom stereocenters. The molecule has 26 heavy (non-hydrogen) atoms. The number of benzene rings is 2. The summed E-state index contributed by atoms with van der Waals surface area (Å²) in [5.41, 5.74) is 1.80. The van der Waals surface area contributed by atoms with Crippen LogP contribution in [0, 0.1) is 11.6 Å². The fraction of sp³-hybridized carbons (Fsp3) is 0.167. The van der Waals surface area contributed by atoms with Gasteiger partial charge < -0.3 is 5.32 Å². The lowest BCUT2D eigenvalue weighted by molar-refractivity contribution is -0.114. The van der Waals surface area contributed by atoms with Crippen LogP contribution in [0.3, 0.4) is 0 Å². The zero-order valence-electron chi connectivity index (χ0n) is 14.1. The summed E-state index contributed by atoms with van der Waals surface area (Å²) < 4.78 is 28.8. The van der Waals surface area contributed by atoms with Crippen molar-refractivity contribution in [3.05, 3.63) is 66.0 Å². The first-order valence-electron chi connectivity index (χ1n) is 7.83. The SMILES string of the molecule is CC(=O)Nc1cccc(-n2cnnc2SC(C)c2ccc(F)cc2F)c1. The average molecular weight is 374 g/mol. The Bertz CT molecular complexity index is 944. The number of rotatable bonds is 5. The molecule has 1 amide bonds. The van der Waals surface area contributed by atoms with E-state index < -0.39 is 11.6 Å². The van der Waals surface area contributed by atoms with Gasteiger partial charge in [0.15, 0.2) is 5.16 Å². The topological polar surface area (TPSA) is 59.8 Å². The Hall–Kier alpha value is -2.74. The van der Waals surface area contributed by atoms with Gasteiger partial charge in [-0.3, -0.25) is 9.36 Å². The summed E-state index contributed by atoms with van der Waals surface area (Å²) in [7, 11) is 0. The molecule has 5 nitrogen and oxygen atoms in total. The molecule has 0 bridgehead atoms. The summed E-state index contributed by atoms with van der Waals surface area (Å²) in [6, 6.07) is 10.8. The number of hydrogen-bond donors (Lipinski definition) is 1. The van der Waals surface area contributed by atoms with Crippen LogP contribution in [0.4, 0.5) is 14.5 Å². The van der Waals surface area contributed by atoms with Crippen LogP contribution in [0.25, 0.3) is 5.69 Å². The van der Waals surface area contributed by atoms with Crippen LogP contribution in [-0.4, -0.2) is 20.7 Å². The molecule has 0 spiro atoms. The number of carbonyl (C=O) groups excluding carboxylic acids is 1. The lowest BCUT2D eigenvalue weighted by Crippen LogP contribution is -2.06. The minimum atomic E-state index is -0.610. The highest BCUT2D eigenvalue weighted by Crippen LogP contribution is 2.36. The summed E-state index contributed by atoms with van der Waals surface area (Å²) >= 11 is 1.30. The van der Waals surface area contributed by atoms with Gasteiger partial charge in [0.25, 0.3) is 0 Å². The number of amides is 1. The van der Waals surface area contributed by atoms with Crippen molar-refractivity contribution >= 4 is 23.4 Å². The van der Waals surface area contributed by atoms with E-state index >= 15 is 0 Å². The van der Waals surface area contributed by atoms with Crippen LogP contribution in [0.2, 0.25) is 0 Å². The lowest BCUT2D eigenvalue weighted by Gasteiger charge is -2.13. The van der Waals surface area contributed by atoms with E-state index in [2.05, 4.69) is 15.5 Å². The van der Waals surface area contributed by atoms with Crippen molar-refractivity contribution in [1.82, 2.24) is 14.8 Å². The third kappa shape index (κ3) is 4.08. The second-order valence-corrected chi connectivity index (χ2v) is 6.95. The van der Waals surface area contributed by atoms with E-state index in [-0.39, 0.29) is 11.2 Å². The highest BCUT2D eigenvalue weighted by atomic mass is 32.2. The molecule has 8 heteroatoms. The largest absolute Gasteiger partial charge is 0.326 e. The molecular weight excluding hydrogens is 358 g/mol. The number of anilines is 1. The molecule has 1 aromatic heterocycles. The monoisotopic (exact) mass is 374 g/mol. The van der Waals surface area contributed by atoms with E-state index in [9.17, 15) is 13.6 Å². The van der Waals surface area contributed by atoms with Gasteiger partial charge in [-0.2, -0.15) is 0 Å². The van der Waals surface area contributed by atoms with Gasteiger partial charge in [0.05, 0.1) is 5.69 Å². The fourth-order valence-electron chi connectivity index (χ4n) is 2.47. The molecule has 0 aliphatic heterocycles. The predicted molar refractivity (Wildman–Crippen MR) is 96.3 cm³/mol. The second-order valence-electron chi connectivity index (χ2n) is 5.64. The van der Waals surface area contributed by atoms with E-state index in [1.807, 2.05) is 13.0 Å². The summed E-state index contributed by atoms with van der Waals surface area (Å²) in [6.45, 7) is 3.25. The van der Waals surface area contributed by atoms with Crippen molar-refractivity contribution in [3.8, 4) is 5.69 Å². The van der Waals surface area contributed by atoms with Crippen LogP contribution in [0.15, 0.2) is 53.9 Å². The van der Waals surface area contributed by atoms with Crippen molar-refractivity contribution in [2.24, 2.45) is 0 Å². The Balaban J connectivity index is 1.86. The quantitative estimate of drug-likeness (QED) is 0.674. The van der Waals surface area contributed by atoms with Gasteiger partial charge in [0.1, 0.15) is 18.0 Å². The van der Waals surface area contributed by atoms with Gasteiger partial charge in [-0.05, 0) is 31.2 Å². The number of thioether (sulfide) groups is 1. The normalized spacial score (nSPS) is 12.0. The van der Waals surface area contributed by atoms with Gasteiger partial charge in [0, 0.05) is 29.5 Å². The minimum Gasteiger partial charge on any atom is -0.326 e. The number of halogens is 2. The Labute approximate surface area is 153 Å². The van der Waals surface area contributed by atoms with Crippen LogP contribution in [-0.2, 0) is 4.79 Å². The smallest absolute Gasteiger partial charge is 0.221 e. The Morgan fingerprint density at radius 1 is 1.23 bits per heavy atom. The molecular formula is C18H16F2N4OS. The molecule has 2 aromatic carbocycles. The molecule has 1 heterocycles. The second kappa shape index (κ2) is 7.65. The molecule has 0 aliphatic rings. The molecule has 0 radical (unpaired) electrons. The van der Waals surface area contributed by atoms with Gasteiger partial charge in [-0.15, -0.1) is 10.2 Å². The predicted octanol–water partition coefficient (Wildman–Crippen LogP) is 4.36. The number of carbonyl (C=O) groups is 1. The minimum absolute atomic E-state index is 0.166. The van der Waals surface area contributed by atoms with Crippen molar-refractivity contribution in [1.29, 1.82) is 0 Å². The van der Waals surface area contributed by atoms with Gasteiger partial charge in [0.2, 0.25) is 5.91 Å². The maximum atomic E-state index is 14.0. The molecule has 3 aromatic rings. The fourth-order valence-corrected chi connectivity index (χ4v) is 3.47. The Morgan fingerprint density at radius 2 is 2.04 bits per heavy atom. The van der Waals surface area contributed by atoms with Crippen LogP contribution < -0.4 is 5.32 Å². The number of hydrogen-bond acceptors (Lipinski definition) is 4. The standard InChI is InChI=1S/C18H16F2N4OS/c1-11(16-7-6-13(19)8-17(16)20)26-18-23-21-10-24(18)15-5-3-4-14(9-15)22-12(2)25/h3-11H,1-2H3,(H,22,25). The summed E-state index contributed by atoms with van der Waals surface area (Å²) in [5, 5.41) is 11.0. The molecule has 1 atom stereocenters. The van der Waals surface area contributed by atoms with Gasteiger partial charge in [-0.25, -0.2) is 8.78 Å². The summed E-state index contributed by atoms with van der Waals surface area (Å²) in [4.78, 5) is 11.2. The molecule has 0 saturated carbocycles. The molecule has 0 fully saturated rings. The number of nitrogens with one attached hydrogen (secondary N) is 1. The van der Waals surface area contributed by atoms with Gasteiger partial charge in [-0.1, -0.05) is 23.9 Å². The van der Waals surface area contributed by atoms with E-state index in [1.54, 1.807) is 29.1 Å². The molecule has 0 saturated heterocycles. The van der Waals surface area contributed by atoms with Crippen LogP contribution in [0.5, 0.6) is 0 Å². The maximum Gasteiger partial charge on any atom is 0.221 e. The lowest BCUT2D eigenvalue weighted by atomic mass is 10.1. The number of aromatic nitrogens is 3. The van der Waals surface area contributed by atoms with Crippen LogP contribution in [0.1, 0.15) is 24.7 Å². The Morgan fingerprint density at radius 3 is 2.77 bits per heavy atom. The van der Waals surface area contributed by atoms with E-state index in [0.717, 1.165) is 11.8 Å². The molecule has 134 valence electrons. The van der Waals surface area contributed by atoms with E-state index in [4.69, 9.17) is 0 Å². The van der Waals surface area contributed by atoms with Crippen LogP contribution >= 0.6 is 11.8 Å². The highest BCUT2D eigenvalue weighted by molar-refractivity contribution is 7.99. The maximum absolute atomic E-state index is 14.0. The molecule has 0 aliphatic carbocycles. The van der Waals surface area contributed by atoms with Gasteiger partial charge >= 0.3 is 0 Å². The zero-order chi connectivity index (χ0) is 18.7. The third-order valence-electron chi connectivity index (χ3n) is 3.64. The summed E-state index contributed by atoms with van der Waals surface area (Å²) in [6.07, 6.45) is 1.54. The highest BCUT2D eigenvalue weighted by Gasteiger charge is 2.17. The first-order valence-corrected chi connectivity index (χ1v) is 8.71. The van der Waals surface area contributed by atoms with Crippen molar-refractivity contribution in [3.63, 3.8) is 0 Å². The van der Waals surface area contributed by atoms with Crippen molar-refractivity contribution in [2.45, 2.75) is 24.3 Å². The molecule has 3 rings (SSSR count). The van der Waals surface area contributed by atoms with Crippen molar-refractivity contribution in [2.75, 3.05) is 5.32 Å². The zero-order valence-corrected chi connectivity index (χ0v) is 14.9. The van der Waals surface area contributed by atoms with Crippen molar-refractivity contribution < 1.29 is 13.6 Å². The first kappa shape index (κ1) is 18.1. The molecule has 1 N–H and O–H groups in total. The third-order valence-corrected chi connectivity index (χ3v) is 4.74. The van der Waals surface area contributed by atoms with E-state index in [1.165, 1.54) is 30.8 Å². The summed E-state index contributed by atoms with van der Waals surface area (Å²) in [5.74, 6) is -1.37.